The van der Waals surface area contributed by atoms with E-state index in [0.29, 0.717) is 19.0 Å². The maximum Gasteiger partial charge on any atom is 0.259 e. The van der Waals surface area contributed by atoms with Crippen LogP contribution in [0.4, 0.5) is 5.69 Å². The molecule has 1 aromatic heterocycles. The van der Waals surface area contributed by atoms with E-state index in [1.165, 1.54) is 24.0 Å². The Bertz CT molecular complexity index is 1130. The van der Waals surface area contributed by atoms with Crippen LogP contribution < -0.4 is 4.90 Å². The van der Waals surface area contributed by atoms with Gasteiger partial charge in [-0.15, -0.1) is 0 Å². The van der Waals surface area contributed by atoms with Gasteiger partial charge in [-0.05, 0) is 67.6 Å². The Balaban J connectivity index is 1.55. The van der Waals surface area contributed by atoms with E-state index in [4.69, 9.17) is 9.41 Å². The molecule has 2 aromatic carbocycles. The Kier molecular flexibility index (Phi) is 6.03. The third-order valence-electron chi connectivity index (χ3n) is 6.93. The van der Waals surface area contributed by atoms with E-state index >= 15 is 0 Å². The summed E-state index contributed by atoms with van der Waals surface area (Å²) in [5, 5.41) is 0. The normalized spacial score (nSPS) is 18.7. The molecule has 1 aliphatic heterocycles. The molecule has 1 unspecified atom stereocenters. The number of amides is 1. The molecule has 0 radical (unpaired) electrons. The molecular weight excluding hydrogens is 410 g/mol. The zero-order valence-corrected chi connectivity index (χ0v) is 19.4. The summed E-state index contributed by atoms with van der Waals surface area (Å²) in [6.07, 6.45) is 6.94. The number of benzene rings is 2. The number of aliphatic imine (C=N–C) groups is 1. The van der Waals surface area contributed by atoms with Crippen LogP contribution >= 0.6 is 0 Å². The van der Waals surface area contributed by atoms with Crippen molar-refractivity contribution >= 4 is 17.6 Å². The first kappa shape index (κ1) is 21.5. The second-order valence-electron chi connectivity index (χ2n) is 9.22. The zero-order chi connectivity index (χ0) is 22.8. The van der Waals surface area contributed by atoms with Crippen LogP contribution in [0.15, 0.2) is 76.3 Å². The van der Waals surface area contributed by atoms with E-state index in [1.54, 1.807) is 6.26 Å². The minimum atomic E-state index is -0.426. The van der Waals surface area contributed by atoms with Gasteiger partial charge in [0.15, 0.2) is 0 Å². The van der Waals surface area contributed by atoms with Crippen LogP contribution in [0, 0.1) is 13.8 Å². The summed E-state index contributed by atoms with van der Waals surface area (Å²) < 4.78 is 5.71. The zero-order valence-electron chi connectivity index (χ0n) is 19.4. The lowest BCUT2D eigenvalue weighted by atomic mass is 10.1. The van der Waals surface area contributed by atoms with Gasteiger partial charge in [-0.3, -0.25) is 4.79 Å². The van der Waals surface area contributed by atoms with E-state index in [-0.39, 0.29) is 5.91 Å². The lowest BCUT2D eigenvalue weighted by Crippen LogP contribution is -2.48. The number of carbonyl (C=O) groups is 1. The van der Waals surface area contributed by atoms with Crippen molar-refractivity contribution in [3.63, 3.8) is 0 Å². The Morgan fingerprint density at radius 2 is 1.79 bits per heavy atom. The third-order valence-corrected chi connectivity index (χ3v) is 6.93. The first-order valence-corrected chi connectivity index (χ1v) is 11.9. The largest absolute Gasteiger partial charge is 0.467 e. The average Bonchev–Trinajstić information content (AvgIpc) is 3.58. The predicted molar refractivity (Wildman–Crippen MR) is 131 cm³/mol. The fraction of sp³-hybridized carbons (Fsp3) is 0.357. The molecule has 3 aromatic rings. The van der Waals surface area contributed by atoms with Crippen molar-refractivity contribution in [2.45, 2.75) is 64.6 Å². The van der Waals surface area contributed by atoms with E-state index < -0.39 is 6.04 Å². The highest BCUT2D eigenvalue weighted by atomic mass is 16.3. The monoisotopic (exact) mass is 441 g/mol. The molecular formula is C28H31N3O2. The summed E-state index contributed by atoms with van der Waals surface area (Å²) in [6, 6.07) is 20.3. The minimum Gasteiger partial charge on any atom is -0.467 e. The molecule has 1 fully saturated rings. The van der Waals surface area contributed by atoms with Gasteiger partial charge in [0.25, 0.3) is 5.91 Å². The van der Waals surface area contributed by atoms with Crippen molar-refractivity contribution in [3.05, 3.63) is 89.4 Å². The van der Waals surface area contributed by atoms with E-state index in [1.807, 2.05) is 41.3 Å². The standard InChI is InChI=1S/C28H31N3O2/c1-20-14-15-24(17-21(20)2)31-27(32)26(18-22-9-4-3-5-10-22)29-28(31)30(23-11-6-7-12-23)19-25-13-8-16-33-25/h3-5,8-10,13-17,23,26H,6-7,11-12,18-19H2,1-2H3. The molecule has 5 nitrogen and oxygen atoms in total. The molecule has 2 aliphatic rings. The van der Waals surface area contributed by atoms with Crippen molar-refractivity contribution in [1.29, 1.82) is 0 Å². The molecule has 0 saturated heterocycles. The molecule has 170 valence electrons. The van der Waals surface area contributed by atoms with Gasteiger partial charge in [0.1, 0.15) is 11.8 Å². The quantitative estimate of drug-likeness (QED) is 0.496. The molecule has 33 heavy (non-hydrogen) atoms. The van der Waals surface area contributed by atoms with Crippen LogP contribution in [0.25, 0.3) is 0 Å². The first-order chi connectivity index (χ1) is 16.1. The lowest BCUT2D eigenvalue weighted by Gasteiger charge is -2.34. The molecule has 5 heteroatoms. The van der Waals surface area contributed by atoms with Crippen LogP contribution in [-0.4, -0.2) is 28.9 Å². The number of aryl methyl sites for hydroxylation is 2. The summed E-state index contributed by atoms with van der Waals surface area (Å²) in [7, 11) is 0. The van der Waals surface area contributed by atoms with Gasteiger partial charge in [0, 0.05) is 12.5 Å². The Labute approximate surface area is 195 Å². The second kappa shape index (κ2) is 9.26. The van der Waals surface area contributed by atoms with Gasteiger partial charge < -0.3 is 9.32 Å². The predicted octanol–water partition coefficient (Wildman–Crippen LogP) is 5.66. The van der Waals surface area contributed by atoms with E-state index in [9.17, 15) is 4.79 Å². The highest BCUT2D eigenvalue weighted by molar-refractivity contribution is 6.22. The summed E-state index contributed by atoms with van der Waals surface area (Å²) in [5.41, 5.74) is 4.40. The van der Waals surface area contributed by atoms with Gasteiger partial charge in [-0.1, -0.05) is 49.2 Å². The third kappa shape index (κ3) is 4.45. The summed E-state index contributed by atoms with van der Waals surface area (Å²) in [5.74, 6) is 1.69. The van der Waals surface area contributed by atoms with Gasteiger partial charge >= 0.3 is 0 Å². The molecule has 0 bridgehead atoms. The van der Waals surface area contributed by atoms with Crippen molar-refractivity contribution in [2.75, 3.05) is 4.90 Å². The second-order valence-corrected chi connectivity index (χ2v) is 9.22. The van der Waals surface area contributed by atoms with Crippen LogP contribution in [0.3, 0.4) is 0 Å². The van der Waals surface area contributed by atoms with Crippen molar-refractivity contribution in [1.82, 2.24) is 4.90 Å². The number of rotatable bonds is 6. The van der Waals surface area contributed by atoms with Gasteiger partial charge in [-0.2, -0.15) is 0 Å². The summed E-state index contributed by atoms with van der Waals surface area (Å²) >= 11 is 0. The maximum atomic E-state index is 13.8. The molecule has 1 aliphatic carbocycles. The first-order valence-electron chi connectivity index (χ1n) is 11.9. The highest BCUT2D eigenvalue weighted by Crippen LogP contribution is 2.32. The van der Waals surface area contributed by atoms with Gasteiger partial charge in [0.2, 0.25) is 5.96 Å². The fourth-order valence-electron chi connectivity index (χ4n) is 4.93. The SMILES string of the molecule is Cc1ccc(N2C(=O)C(Cc3ccccc3)N=C2N(Cc2ccco2)C2CCCC2)cc1C. The number of hydrogen-bond donors (Lipinski definition) is 0. The molecule has 1 saturated carbocycles. The van der Waals surface area contributed by atoms with Gasteiger partial charge in [-0.25, -0.2) is 9.89 Å². The minimum absolute atomic E-state index is 0.0412. The Morgan fingerprint density at radius 3 is 2.48 bits per heavy atom. The lowest BCUT2D eigenvalue weighted by molar-refractivity contribution is -0.118. The number of carbonyl (C=O) groups excluding carboxylic acids is 1. The molecule has 5 rings (SSSR count). The highest BCUT2D eigenvalue weighted by Gasteiger charge is 2.41. The molecule has 0 spiro atoms. The van der Waals surface area contributed by atoms with E-state index in [0.717, 1.165) is 35.8 Å². The number of furan rings is 1. The maximum absolute atomic E-state index is 13.8. The van der Waals surface area contributed by atoms with Crippen LogP contribution in [-0.2, 0) is 17.8 Å². The fourth-order valence-corrected chi connectivity index (χ4v) is 4.93. The topological polar surface area (TPSA) is 49.1 Å². The van der Waals surface area contributed by atoms with E-state index in [2.05, 4.69) is 43.0 Å². The van der Waals surface area contributed by atoms with Crippen molar-refractivity contribution < 1.29 is 9.21 Å². The summed E-state index contributed by atoms with van der Waals surface area (Å²) in [6.45, 7) is 4.80. The Hall–Kier alpha value is -3.34. The Morgan fingerprint density at radius 1 is 1.00 bits per heavy atom. The van der Waals surface area contributed by atoms with Gasteiger partial charge in [0.05, 0.1) is 18.5 Å². The van der Waals surface area contributed by atoms with Crippen LogP contribution in [0.1, 0.15) is 48.1 Å². The molecule has 1 amide bonds. The van der Waals surface area contributed by atoms with Crippen molar-refractivity contribution in [3.8, 4) is 0 Å². The smallest absolute Gasteiger partial charge is 0.259 e. The molecule has 0 N–H and O–H groups in total. The van der Waals surface area contributed by atoms with Crippen LogP contribution in [0.2, 0.25) is 0 Å². The number of nitrogens with zero attached hydrogens (tertiary/aromatic N) is 3. The number of hydrogen-bond acceptors (Lipinski definition) is 4. The molecule has 2 heterocycles. The van der Waals surface area contributed by atoms with Crippen molar-refractivity contribution in [2.24, 2.45) is 4.99 Å². The molecule has 1 atom stereocenters. The summed E-state index contributed by atoms with van der Waals surface area (Å²) in [4.78, 5) is 23.0. The van der Waals surface area contributed by atoms with Crippen LogP contribution in [0.5, 0.6) is 0 Å². The number of anilines is 1. The average molecular weight is 442 g/mol. The number of guanidine groups is 1.